The summed E-state index contributed by atoms with van der Waals surface area (Å²) in [5.41, 5.74) is 0.461. The predicted molar refractivity (Wildman–Crippen MR) is 109 cm³/mol. The van der Waals surface area contributed by atoms with Crippen molar-refractivity contribution in [1.29, 1.82) is 0 Å². The summed E-state index contributed by atoms with van der Waals surface area (Å²) in [4.78, 5) is 16.8. The molecule has 0 aliphatic carbocycles. The molecule has 10 heteroatoms. The van der Waals surface area contributed by atoms with Crippen LogP contribution in [0.1, 0.15) is 50.3 Å². The van der Waals surface area contributed by atoms with Crippen molar-refractivity contribution in [2.24, 2.45) is 4.99 Å². The highest BCUT2D eigenvalue weighted by Gasteiger charge is 2.31. The number of hydrogen-bond acceptors (Lipinski definition) is 7. The maximum Gasteiger partial charge on any atom is 0.418 e. The Balaban J connectivity index is 1.78. The molecule has 7 nitrogen and oxygen atoms in total. The summed E-state index contributed by atoms with van der Waals surface area (Å²) < 4.78 is 37.0. The normalized spacial score (nSPS) is 19.4. The summed E-state index contributed by atoms with van der Waals surface area (Å²) in [7, 11) is 0. The monoisotopic (exact) mass is 439 g/mol. The van der Waals surface area contributed by atoms with E-state index < -0.39 is 23.3 Å². The average molecular weight is 439 g/mol. The molecule has 1 aliphatic heterocycles. The van der Waals surface area contributed by atoms with E-state index in [1.54, 1.807) is 20.8 Å². The Morgan fingerprint density at radius 2 is 2.17 bits per heavy atom. The second kappa shape index (κ2) is 8.73. The number of amides is 1. The maximum atomic E-state index is 13.7. The molecule has 162 valence electrons. The molecule has 2 heterocycles. The molecule has 2 N–H and O–H groups in total. The number of rotatable bonds is 4. The van der Waals surface area contributed by atoms with Crippen molar-refractivity contribution in [1.82, 2.24) is 10.5 Å². The van der Waals surface area contributed by atoms with Gasteiger partial charge in [0.2, 0.25) is 0 Å². The van der Waals surface area contributed by atoms with Crippen molar-refractivity contribution in [3.8, 4) is 5.75 Å². The number of aryl methyl sites for hydroxylation is 1. The Labute approximate surface area is 176 Å². The van der Waals surface area contributed by atoms with Crippen molar-refractivity contribution in [3.05, 3.63) is 46.9 Å². The number of nitrogens with one attached hydrogen (secondary N) is 1. The van der Waals surface area contributed by atoms with Crippen molar-refractivity contribution < 1.29 is 27.9 Å². The molecule has 1 aliphatic rings. The lowest BCUT2D eigenvalue weighted by atomic mass is 9.95. The molecular formula is C20H23F2N3O4S. The zero-order valence-corrected chi connectivity index (χ0v) is 17.8. The van der Waals surface area contributed by atoms with E-state index in [-0.39, 0.29) is 23.5 Å². The lowest BCUT2D eigenvalue weighted by Crippen LogP contribution is -2.34. The molecule has 1 aromatic heterocycles. The van der Waals surface area contributed by atoms with E-state index in [1.165, 1.54) is 11.8 Å². The molecule has 2 atom stereocenters. The number of carbonyl (C=O) groups is 1. The smallest absolute Gasteiger partial charge is 0.407 e. The number of benzene rings is 1. The van der Waals surface area contributed by atoms with Gasteiger partial charge in [-0.2, -0.15) is 0 Å². The Hall–Kier alpha value is -2.46. The van der Waals surface area contributed by atoms with E-state index in [0.29, 0.717) is 29.1 Å². The lowest BCUT2D eigenvalue weighted by molar-refractivity contribution is 0.0729. The Morgan fingerprint density at radius 1 is 1.43 bits per heavy atom. The van der Waals surface area contributed by atoms with Gasteiger partial charge in [0.05, 0.1) is 17.3 Å². The van der Waals surface area contributed by atoms with Crippen LogP contribution in [0, 0.1) is 18.6 Å². The van der Waals surface area contributed by atoms with Crippen LogP contribution in [0.2, 0.25) is 0 Å². The van der Waals surface area contributed by atoms with E-state index in [2.05, 4.69) is 15.5 Å². The van der Waals surface area contributed by atoms with Crippen LogP contribution >= 0.6 is 11.8 Å². The standard InChI is InChI=1S/C20H23F2N3O4S/c1-10-7-14(17-11(2)25-29-16(17)9-20(3,4)27)23-18(30-10)24-19(26)28-15-6-5-12(21)8-13(15)22/h5-6,8,10,14,27H,7,9H2,1-4H3,(H,23,24,26). The molecule has 2 unspecified atom stereocenters. The van der Waals surface area contributed by atoms with Crippen LogP contribution in [0.4, 0.5) is 13.6 Å². The van der Waals surface area contributed by atoms with Crippen molar-refractivity contribution in [3.63, 3.8) is 0 Å². The molecule has 0 radical (unpaired) electrons. The zero-order valence-electron chi connectivity index (χ0n) is 17.0. The third-order valence-electron chi connectivity index (χ3n) is 4.36. The average Bonchev–Trinajstić information content (AvgIpc) is 2.95. The number of nitrogens with zero attached hydrogens (tertiary/aromatic N) is 2. The first-order chi connectivity index (χ1) is 14.0. The number of hydrogen-bond donors (Lipinski definition) is 2. The number of carbonyl (C=O) groups excluding carboxylic acids is 1. The SMILES string of the molecule is Cc1noc(CC(C)(C)O)c1C1CC(C)SC(NC(=O)Oc2ccc(F)cc2F)=N1. The summed E-state index contributed by atoms with van der Waals surface area (Å²) >= 11 is 1.34. The van der Waals surface area contributed by atoms with Gasteiger partial charge < -0.3 is 14.4 Å². The highest BCUT2D eigenvalue weighted by atomic mass is 32.2. The first kappa shape index (κ1) is 22.2. The molecule has 0 fully saturated rings. The highest BCUT2D eigenvalue weighted by Crippen LogP contribution is 2.37. The third-order valence-corrected chi connectivity index (χ3v) is 5.38. The molecule has 0 saturated carbocycles. The van der Waals surface area contributed by atoms with Crippen LogP contribution in [0.5, 0.6) is 5.75 Å². The molecule has 0 bridgehead atoms. The number of aromatic nitrogens is 1. The molecule has 1 amide bonds. The number of aliphatic hydroxyl groups is 1. The molecule has 1 aromatic carbocycles. The van der Waals surface area contributed by atoms with Crippen molar-refractivity contribution >= 4 is 23.0 Å². The maximum absolute atomic E-state index is 13.7. The largest absolute Gasteiger partial charge is 0.418 e. The third kappa shape index (κ3) is 5.57. The van der Waals surface area contributed by atoms with Gasteiger partial charge in [0.15, 0.2) is 16.7 Å². The predicted octanol–water partition coefficient (Wildman–Crippen LogP) is 4.29. The van der Waals surface area contributed by atoms with E-state index in [9.17, 15) is 18.7 Å². The van der Waals surface area contributed by atoms with Gasteiger partial charge in [0.25, 0.3) is 0 Å². The first-order valence-electron chi connectivity index (χ1n) is 9.37. The fourth-order valence-electron chi connectivity index (χ4n) is 3.16. The number of halogens is 2. The summed E-state index contributed by atoms with van der Waals surface area (Å²) in [6, 6.07) is 2.33. The van der Waals surface area contributed by atoms with Crippen LogP contribution < -0.4 is 10.1 Å². The van der Waals surface area contributed by atoms with Crippen LogP contribution in [0.25, 0.3) is 0 Å². The van der Waals surface area contributed by atoms with E-state index in [1.807, 2.05) is 6.92 Å². The van der Waals surface area contributed by atoms with Gasteiger partial charge >= 0.3 is 6.09 Å². The summed E-state index contributed by atoms with van der Waals surface area (Å²) in [5.74, 6) is -1.59. The molecule has 3 rings (SSSR count). The van der Waals surface area contributed by atoms with Gasteiger partial charge in [-0.15, -0.1) is 0 Å². The molecule has 30 heavy (non-hydrogen) atoms. The Morgan fingerprint density at radius 3 is 2.83 bits per heavy atom. The van der Waals surface area contributed by atoms with Crippen molar-refractivity contribution in [2.75, 3.05) is 0 Å². The molecule has 0 spiro atoms. The minimum absolute atomic E-state index is 0.106. The Kier molecular flexibility index (Phi) is 6.47. The summed E-state index contributed by atoms with van der Waals surface area (Å²) in [5, 5.41) is 17.1. The Bertz CT molecular complexity index is 971. The van der Waals surface area contributed by atoms with Gasteiger partial charge in [-0.1, -0.05) is 23.8 Å². The topological polar surface area (TPSA) is 97.0 Å². The number of amidine groups is 1. The van der Waals surface area contributed by atoms with E-state index >= 15 is 0 Å². The van der Waals surface area contributed by atoms with E-state index in [0.717, 1.165) is 17.7 Å². The molecule has 2 aromatic rings. The van der Waals surface area contributed by atoms with Crippen LogP contribution in [0.3, 0.4) is 0 Å². The van der Waals surface area contributed by atoms with Gasteiger partial charge in [-0.25, -0.2) is 13.6 Å². The van der Waals surface area contributed by atoms with Gasteiger partial charge in [-0.05, 0) is 39.3 Å². The number of aliphatic imine (C=N–C) groups is 1. The van der Waals surface area contributed by atoms with Crippen LogP contribution in [-0.4, -0.2) is 32.4 Å². The summed E-state index contributed by atoms with van der Waals surface area (Å²) in [6.07, 6.45) is 0.0161. The second-order valence-corrected chi connectivity index (χ2v) is 9.22. The van der Waals surface area contributed by atoms with Crippen LogP contribution in [0.15, 0.2) is 27.7 Å². The minimum Gasteiger partial charge on any atom is -0.407 e. The van der Waals surface area contributed by atoms with Crippen LogP contribution in [-0.2, 0) is 6.42 Å². The zero-order chi connectivity index (χ0) is 22.1. The van der Waals surface area contributed by atoms with Gasteiger partial charge in [0.1, 0.15) is 11.6 Å². The fourth-order valence-corrected chi connectivity index (χ4v) is 4.15. The first-order valence-corrected chi connectivity index (χ1v) is 10.3. The number of ether oxygens (including phenoxy) is 1. The minimum atomic E-state index is -0.983. The molecule has 0 saturated heterocycles. The fraction of sp³-hybridized carbons (Fsp3) is 0.450. The quantitative estimate of drug-likeness (QED) is 0.738. The van der Waals surface area contributed by atoms with E-state index in [4.69, 9.17) is 9.26 Å². The molecular weight excluding hydrogens is 416 g/mol. The summed E-state index contributed by atoms with van der Waals surface area (Å²) in [6.45, 7) is 7.13. The van der Waals surface area contributed by atoms with Gasteiger partial charge in [-0.3, -0.25) is 10.3 Å². The lowest BCUT2D eigenvalue weighted by Gasteiger charge is -2.25. The highest BCUT2D eigenvalue weighted by molar-refractivity contribution is 8.14. The second-order valence-electron chi connectivity index (χ2n) is 7.80. The number of thioether (sulfide) groups is 1. The van der Waals surface area contributed by atoms with Crippen molar-refractivity contribution in [2.45, 2.75) is 57.4 Å². The van der Waals surface area contributed by atoms with Gasteiger partial charge in [0, 0.05) is 23.3 Å².